The molecule has 0 radical (unpaired) electrons. The van der Waals surface area contributed by atoms with Crippen LogP contribution in [0.25, 0.3) is 11.1 Å². The highest BCUT2D eigenvalue weighted by Crippen LogP contribution is 2.60. The number of rotatable bonds is 0. The van der Waals surface area contributed by atoms with Gasteiger partial charge in [-0.15, -0.1) is 0 Å². The van der Waals surface area contributed by atoms with Gasteiger partial charge in [-0.1, -0.05) is 54.1 Å². The summed E-state index contributed by atoms with van der Waals surface area (Å²) < 4.78 is 4.87. The molecule has 22 heavy (non-hydrogen) atoms. The summed E-state index contributed by atoms with van der Waals surface area (Å²) in [6.45, 7) is 2.27. The molecule has 2 aromatic carbocycles. The highest BCUT2D eigenvalue weighted by atomic mass is 32.2. The normalized spacial score (nSPS) is 29.0. The number of benzene rings is 2. The maximum atomic E-state index is 4.87. The molecule has 0 spiro atoms. The third-order valence-electron chi connectivity index (χ3n) is 5.52. The number of fused-ring (bicyclic) bond motifs is 6. The number of hydrogen-bond acceptors (Lipinski definition) is 3. The molecule has 3 atom stereocenters. The lowest BCUT2D eigenvalue weighted by molar-refractivity contribution is 0.460. The number of allylic oxidation sites excluding steroid dienone is 1. The van der Waals surface area contributed by atoms with E-state index in [0.717, 1.165) is 5.84 Å². The molecule has 0 saturated carbocycles. The van der Waals surface area contributed by atoms with Crippen molar-refractivity contribution in [3.63, 3.8) is 0 Å². The molecule has 0 amide bonds. The average molecular weight is 302 g/mol. The first-order valence-electron chi connectivity index (χ1n) is 7.78. The SMILES string of the molecule is CC1=CC2c3cccc4c3N3C(=NSC3C12)c1ccccc1-4. The molecule has 0 aromatic heterocycles. The molecule has 106 valence electrons. The van der Waals surface area contributed by atoms with Gasteiger partial charge in [-0.3, -0.25) is 0 Å². The molecular weight excluding hydrogens is 288 g/mol. The van der Waals surface area contributed by atoms with Gasteiger partial charge in [0.1, 0.15) is 11.2 Å². The van der Waals surface area contributed by atoms with Gasteiger partial charge in [0.2, 0.25) is 0 Å². The van der Waals surface area contributed by atoms with Crippen LogP contribution in [-0.2, 0) is 0 Å². The van der Waals surface area contributed by atoms with Gasteiger partial charge in [0, 0.05) is 34.9 Å². The molecule has 6 rings (SSSR count). The van der Waals surface area contributed by atoms with Gasteiger partial charge in [0.15, 0.2) is 0 Å². The molecule has 0 fully saturated rings. The van der Waals surface area contributed by atoms with Crippen LogP contribution in [0, 0.1) is 5.92 Å². The first-order chi connectivity index (χ1) is 10.8. The van der Waals surface area contributed by atoms with Crippen molar-refractivity contribution in [1.29, 1.82) is 0 Å². The molecule has 0 N–H and O–H groups in total. The highest BCUT2D eigenvalue weighted by Gasteiger charge is 2.52. The van der Waals surface area contributed by atoms with E-state index < -0.39 is 0 Å². The van der Waals surface area contributed by atoms with Crippen molar-refractivity contribution in [1.82, 2.24) is 0 Å². The molecule has 3 aliphatic heterocycles. The maximum Gasteiger partial charge on any atom is 0.150 e. The summed E-state index contributed by atoms with van der Waals surface area (Å²) in [6, 6.07) is 15.5. The minimum atomic E-state index is 0.437. The molecule has 2 aromatic rings. The van der Waals surface area contributed by atoms with Crippen LogP contribution >= 0.6 is 11.9 Å². The molecule has 4 aliphatic rings. The molecule has 3 heterocycles. The van der Waals surface area contributed by atoms with Crippen LogP contribution in [0.1, 0.15) is 24.0 Å². The summed E-state index contributed by atoms with van der Waals surface area (Å²) in [4.78, 5) is 2.51. The average Bonchev–Trinajstić information content (AvgIpc) is 2.97. The largest absolute Gasteiger partial charge is 0.309 e. The summed E-state index contributed by atoms with van der Waals surface area (Å²) in [6.07, 6.45) is 2.44. The van der Waals surface area contributed by atoms with E-state index in [0.29, 0.717) is 17.2 Å². The molecule has 0 bridgehead atoms. The van der Waals surface area contributed by atoms with Crippen LogP contribution in [0.15, 0.2) is 58.5 Å². The Kier molecular flexibility index (Phi) is 1.92. The molecule has 2 nitrogen and oxygen atoms in total. The minimum Gasteiger partial charge on any atom is -0.309 e. The Morgan fingerprint density at radius 3 is 2.68 bits per heavy atom. The monoisotopic (exact) mass is 302 g/mol. The zero-order valence-electron chi connectivity index (χ0n) is 12.2. The number of hydrogen-bond donors (Lipinski definition) is 0. The van der Waals surface area contributed by atoms with E-state index >= 15 is 0 Å². The Bertz CT molecular complexity index is 911. The zero-order chi connectivity index (χ0) is 14.4. The fraction of sp³-hybridized carbons (Fsp3) is 0.211. The van der Waals surface area contributed by atoms with E-state index in [1.165, 1.54) is 33.5 Å². The Balaban J connectivity index is 1.75. The third-order valence-corrected chi connectivity index (χ3v) is 6.52. The van der Waals surface area contributed by atoms with Crippen LogP contribution in [0.3, 0.4) is 0 Å². The second kappa shape index (κ2) is 3.66. The maximum absolute atomic E-state index is 4.87. The number of anilines is 1. The van der Waals surface area contributed by atoms with Crippen molar-refractivity contribution in [3.8, 4) is 11.1 Å². The van der Waals surface area contributed by atoms with Crippen LogP contribution in [-0.4, -0.2) is 11.2 Å². The minimum absolute atomic E-state index is 0.437. The number of para-hydroxylation sites is 1. The first-order valence-corrected chi connectivity index (χ1v) is 8.62. The standard InChI is InChI=1S/C19H14N2S/c1-10-9-15-13-8-4-7-12-11-5-2-3-6-14(11)18-20-22-19(16(10)15)21(18)17(12)13/h2-9,15-16,19H,1H3. The Labute approximate surface area is 133 Å². The number of nitrogens with zero attached hydrogens (tertiary/aromatic N) is 2. The van der Waals surface area contributed by atoms with Crippen molar-refractivity contribution in [2.24, 2.45) is 10.3 Å². The molecule has 0 saturated heterocycles. The molecule has 3 unspecified atom stereocenters. The van der Waals surface area contributed by atoms with Gasteiger partial charge in [-0.2, -0.15) is 4.40 Å². The van der Waals surface area contributed by atoms with Crippen molar-refractivity contribution in [2.75, 3.05) is 4.90 Å². The van der Waals surface area contributed by atoms with Gasteiger partial charge >= 0.3 is 0 Å². The molecular formula is C19H14N2S. The van der Waals surface area contributed by atoms with Crippen LogP contribution in [0.5, 0.6) is 0 Å². The lowest BCUT2D eigenvalue weighted by atomic mass is 9.67. The van der Waals surface area contributed by atoms with Gasteiger partial charge in [-0.05, 0) is 18.1 Å². The second-order valence-electron chi connectivity index (χ2n) is 6.53. The summed E-state index contributed by atoms with van der Waals surface area (Å²) in [7, 11) is 0. The van der Waals surface area contributed by atoms with Gasteiger partial charge in [0.25, 0.3) is 0 Å². The predicted octanol–water partition coefficient (Wildman–Crippen LogP) is 4.58. The fourth-order valence-corrected chi connectivity index (χ4v) is 5.74. The lowest BCUT2D eigenvalue weighted by Crippen LogP contribution is -2.50. The topological polar surface area (TPSA) is 15.6 Å². The van der Waals surface area contributed by atoms with E-state index in [9.17, 15) is 0 Å². The van der Waals surface area contributed by atoms with E-state index in [1.807, 2.05) is 0 Å². The van der Waals surface area contributed by atoms with Gasteiger partial charge in [-0.25, -0.2) is 0 Å². The van der Waals surface area contributed by atoms with Gasteiger partial charge in [0.05, 0.1) is 5.69 Å². The van der Waals surface area contributed by atoms with E-state index in [1.54, 1.807) is 11.9 Å². The van der Waals surface area contributed by atoms with Crippen molar-refractivity contribution < 1.29 is 0 Å². The van der Waals surface area contributed by atoms with E-state index in [4.69, 9.17) is 4.40 Å². The molecule has 3 heteroatoms. The van der Waals surface area contributed by atoms with E-state index in [-0.39, 0.29) is 0 Å². The van der Waals surface area contributed by atoms with Crippen molar-refractivity contribution in [2.45, 2.75) is 18.2 Å². The summed E-state index contributed by atoms with van der Waals surface area (Å²) >= 11 is 1.76. The third kappa shape index (κ3) is 1.12. The smallest absolute Gasteiger partial charge is 0.150 e. The predicted molar refractivity (Wildman–Crippen MR) is 92.3 cm³/mol. The van der Waals surface area contributed by atoms with E-state index in [2.05, 4.69) is 60.4 Å². The van der Waals surface area contributed by atoms with Crippen molar-refractivity contribution in [3.05, 3.63) is 65.2 Å². The second-order valence-corrected chi connectivity index (χ2v) is 7.41. The Hall–Kier alpha value is -2.00. The zero-order valence-corrected chi connectivity index (χ0v) is 13.0. The number of amidine groups is 1. The summed E-state index contributed by atoms with van der Waals surface area (Å²) in [5.41, 5.74) is 8.38. The van der Waals surface area contributed by atoms with Crippen LogP contribution in [0.4, 0.5) is 5.69 Å². The van der Waals surface area contributed by atoms with Gasteiger partial charge < -0.3 is 4.90 Å². The summed E-state index contributed by atoms with van der Waals surface area (Å²) in [5.74, 6) is 2.34. The fourth-order valence-electron chi connectivity index (χ4n) is 4.53. The van der Waals surface area contributed by atoms with Crippen molar-refractivity contribution >= 4 is 23.5 Å². The Morgan fingerprint density at radius 2 is 1.82 bits per heavy atom. The lowest BCUT2D eigenvalue weighted by Gasteiger charge is -2.50. The molecule has 1 aliphatic carbocycles. The first kappa shape index (κ1) is 11.6. The Morgan fingerprint density at radius 1 is 1.00 bits per heavy atom. The van der Waals surface area contributed by atoms with Crippen LogP contribution in [0.2, 0.25) is 0 Å². The highest BCUT2D eigenvalue weighted by molar-refractivity contribution is 7.99. The van der Waals surface area contributed by atoms with Crippen LogP contribution < -0.4 is 4.90 Å². The summed E-state index contributed by atoms with van der Waals surface area (Å²) in [5, 5.41) is 0.437. The quantitative estimate of drug-likeness (QED) is 0.523.